The zero-order chi connectivity index (χ0) is 18.4. The first-order valence-corrected chi connectivity index (χ1v) is 8.79. The van der Waals surface area contributed by atoms with Gasteiger partial charge in [-0.2, -0.15) is 0 Å². The third kappa shape index (κ3) is 2.94. The van der Waals surface area contributed by atoms with Crippen molar-refractivity contribution >= 4 is 5.91 Å². The van der Waals surface area contributed by atoms with Gasteiger partial charge in [0.2, 0.25) is 0 Å². The highest BCUT2D eigenvalue weighted by atomic mass is 16.5. The Hall–Kier alpha value is -2.83. The molecule has 1 amide bonds. The van der Waals surface area contributed by atoms with Crippen LogP contribution >= 0.6 is 0 Å². The Bertz CT molecular complexity index is 981. The van der Waals surface area contributed by atoms with Gasteiger partial charge in [-0.05, 0) is 38.0 Å². The van der Waals surface area contributed by atoms with Crippen molar-refractivity contribution in [3.8, 4) is 5.75 Å². The third-order valence-electron chi connectivity index (χ3n) is 4.94. The molecule has 0 bridgehead atoms. The van der Waals surface area contributed by atoms with E-state index in [2.05, 4.69) is 0 Å². The van der Waals surface area contributed by atoms with E-state index in [1.165, 1.54) is 10.6 Å². The topological polar surface area (TPSA) is 73.5 Å². The summed E-state index contributed by atoms with van der Waals surface area (Å²) in [5, 5.41) is 0. The van der Waals surface area contributed by atoms with Gasteiger partial charge < -0.3 is 18.8 Å². The normalized spacial score (nSPS) is 17.1. The number of nitrogens with zero attached hydrogens (tertiary/aromatic N) is 3. The minimum absolute atomic E-state index is 0.0393. The molecule has 0 N–H and O–H groups in total. The molecule has 2 fully saturated rings. The fourth-order valence-electron chi connectivity index (χ4n) is 3.35. The van der Waals surface area contributed by atoms with Crippen molar-refractivity contribution in [2.24, 2.45) is 7.05 Å². The van der Waals surface area contributed by atoms with E-state index in [4.69, 9.17) is 4.74 Å². The average molecular weight is 355 g/mol. The van der Waals surface area contributed by atoms with Gasteiger partial charge in [-0.3, -0.25) is 14.4 Å². The van der Waals surface area contributed by atoms with Crippen molar-refractivity contribution in [3.05, 3.63) is 62.4 Å². The lowest BCUT2D eigenvalue weighted by Crippen LogP contribution is -2.57. The van der Waals surface area contributed by atoms with Gasteiger partial charge in [-0.25, -0.2) is 0 Å². The fraction of sp³-hybridized carbons (Fsp3) is 0.421. The van der Waals surface area contributed by atoms with Crippen molar-refractivity contribution in [1.29, 1.82) is 0 Å². The minimum atomic E-state index is -0.304. The number of aryl methyl sites for hydroxylation is 2. The lowest BCUT2D eigenvalue weighted by atomic mass is 10.1. The van der Waals surface area contributed by atoms with E-state index in [1.807, 2.05) is 17.6 Å². The summed E-state index contributed by atoms with van der Waals surface area (Å²) in [7, 11) is 1.62. The summed E-state index contributed by atoms with van der Waals surface area (Å²) in [6.07, 6.45) is 3.56. The second kappa shape index (κ2) is 6.16. The number of ether oxygens (including phenoxy) is 1. The van der Waals surface area contributed by atoms with Crippen LogP contribution in [0.1, 0.15) is 34.9 Å². The van der Waals surface area contributed by atoms with Crippen molar-refractivity contribution in [3.63, 3.8) is 0 Å². The van der Waals surface area contributed by atoms with Crippen LogP contribution in [-0.4, -0.2) is 39.1 Å². The molecule has 7 nitrogen and oxygen atoms in total. The second-order valence-electron chi connectivity index (χ2n) is 7.06. The molecule has 7 heteroatoms. The summed E-state index contributed by atoms with van der Waals surface area (Å²) in [5.41, 5.74) is 0.718. The van der Waals surface area contributed by atoms with Crippen molar-refractivity contribution < 1.29 is 9.53 Å². The Morgan fingerprint density at radius 1 is 1.19 bits per heavy atom. The standard InChI is InChI=1S/C19H21N3O4/c1-12-8-14(9-17(23)22(12)13-5-6-13)26-15-10-21(11-15)19(25)16-4-3-7-20(2)18(16)24/h3-4,7-9,13,15H,5-6,10-11H2,1-2H3. The van der Waals surface area contributed by atoms with Crippen molar-refractivity contribution in [1.82, 2.24) is 14.0 Å². The molecule has 0 aromatic carbocycles. The lowest BCUT2D eigenvalue weighted by molar-refractivity contribution is 0.0175. The molecule has 1 saturated heterocycles. The molecule has 0 atom stereocenters. The smallest absolute Gasteiger partial charge is 0.263 e. The number of amides is 1. The van der Waals surface area contributed by atoms with Crippen LogP contribution in [0.4, 0.5) is 0 Å². The van der Waals surface area contributed by atoms with E-state index in [0.717, 1.165) is 18.5 Å². The molecule has 2 aromatic rings. The number of carbonyl (C=O) groups excluding carboxylic acids is 1. The molecule has 1 saturated carbocycles. The van der Waals surface area contributed by atoms with Gasteiger partial charge in [0, 0.05) is 31.0 Å². The highest BCUT2D eigenvalue weighted by Gasteiger charge is 2.34. The Morgan fingerprint density at radius 2 is 1.92 bits per heavy atom. The van der Waals surface area contributed by atoms with Crippen LogP contribution in [0, 0.1) is 6.92 Å². The van der Waals surface area contributed by atoms with E-state index in [-0.39, 0.29) is 28.7 Å². The molecule has 2 aromatic heterocycles. The highest BCUT2D eigenvalue weighted by molar-refractivity contribution is 5.94. The minimum Gasteiger partial charge on any atom is -0.486 e. The highest BCUT2D eigenvalue weighted by Crippen LogP contribution is 2.35. The Kier molecular flexibility index (Phi) is 3.94. The van der Waals surface area contributed by atoms with Crippen LogP contribution in [-0.2, 0) is 7.05 Å². The molecule has 4 rings (SSSR count). The first-order valence-electron chi connectivity index (χ1n) is 8.79. The zero-order valence-corrected chi connectivity index (χ0v) is 14.8. The number of rotatable bonds is 4. The fourth-order valence-corrected chi connectivity index (χ4v) is 3.35. The molecule has 1 aliphatic heterocycles. The Labute approximate surface area is 150 Å². The summed E-state index contributed by atoms with van der Waals surface area (Å²) in [4.78, 5) is 38.3. The summed E-state index contributed by atoms with van der Waals surface area (Å²) < 4.78 is 9.05. The second-order valence-corrected chi connectivity index (χ2v) is 7.06. The van der Waals surface area contributed by atoms with E-state index in [1.54, 1.807) is 30.3 Å². The van der Waals surface area contributed by atoms with Gasteiger partial charge in [0.05, 0.1) is 13.1 Å². The number of hydrogen-bond acceptors (Lipinski definition) is 4. The van der Waals surface area contributed by atoms with Crippen LogP contribution in [0.5, 0.6) is 5.75 Å². The molecule has 0 spiro atoms. The third-order valence-corrected chi connectivity index (χ3v) is 4.94. The maximum absolute atomic E-state index is 12.4. The van der Waals surface area contributed by atoms with Crippen LogP contribution in [0.15, 0.2) is 40.1 Å². The zero-order valence-electron chi connectivity index (χ0n) is 14.8. The van der Waals surface area contributed by atoms with Crippen LogP contribution in [0.25, 0.3) is 0 Å². The van der Waals surface area contributed by atoms with Crippen molar-refractivity contribution in [2.75, 3.05) is 13.1 Å². The van der Waals surface area contributed by atoms with Gasteiger partial charge in [-0.15, -0.1) is 0 Å². The first kappa shape index (κ1) is 16.6. The number of hydrogen-bond donors (Lipinski definition) is 0. The van der Waals surface area contributed by atoms with Crippen molar-refractivity contribution in [2.45, 2.75) is 31.9 Å². The molecule has 0 radical (unpaired) electrons. The Morgan fingerprint density at radius 3 is 2.58 bits per heavy atom. The summed E-state index contributed by atoms with van der Waals surface area (Å²) in [6.45, 7) is 2.72. The maximum Gasteiger partial charge on any atom is 0.263 e. The summed E-state index contributed by atoms with van der Waals surface area (Å²) in [5.74, 6) is 0.253. The van der Waals surface area contributed by atoms with E-state index in [9.17, 15) is 14.4 Å². The van der Waals surface area contributed by atoms with E-state index in [0.29, 0.717) is 24.9 Å². The molecule has 3 heterocycles. The predicted octanol–water partition coefficient (Wildman–Crippen LogP) is 1.09. The quantitative estimate of drug-likeness (QED) is 0.823. The number of carbonyl (C=O) groups is 1. The molecular weight excluding hydrogens is 334 g/mol. The van der Waals surface area contributed by atoms with Gasteiger partial charge in [0.1, 0.15) is 17.4 Å². The maximum atomic E-state index is 12.4. The lowest BCUT2D eigenvalue weighted by Gasteiger charge is -2.38. The largest absolute Gasteiger partial charge is 0.486 e. The van der Waals surface area contributed by atoms with Gasteiger partial charge in [0.15, 0.2) is 0 Å². The van der Waals surface area contributed by atoms with Gasteiger partial charge in [0.25, 0.3) is 17.0 Å². The summed E-state index contributed by atoms with van der Waals surface area (Å²) in [6, 6.07) is 6.95. The number of pyridine rings is 2. The monoisotopic (exact) mass is 355 g/mol. The van der Waals surface area contributed by atoms with Crippen LogP contribution in [0.2, 0.25) is 0 Å². The van der Waals surface area contributed by atoms with E-state index < -0.39 is 0 Å². The molecular formula is C19H21N3O4. The first-order chi connectivity index (χ1) is 12.4. The molecule has 136 valence electrons. The van der Waals surface area contributed by atoms with Gasteiger partial charge in [-0.1, -0.05) is 0 Å². The van der Waals surface area contributed by atoms with E-state index >= 15 is 0 Å². The van der Waals surface area contributed by atoms with Crippen LogP contribution < -0.4 is 15.9 Å². The predicted molar refractivity (Wildman–Crippen MR) is 95.7 cm³/mol. The molecule has 2 aliphatic rings. The number of aromatic nitrogens is 2. The summed E-state index contributed by atoms with van der Waals surface area (Å²) >= 11 is 0. The molecule has 26 heavy (non-hydrogen) atoms. The Balaban J connectivity index is 1.41. The molecule has 0 unspecified atom stereocenters. The molecule has 1 aliphatic carbocycles. The SMILES string of the molecule is Cc1cc(OC2CN(C(=O)c3cccn(C)c3=O)C2)cc(=O)n1C1CC1. The number of likely N-dealkylation sites (tertiary alicyclic amines) is 1. The van der Waals surface area contributed by atoms with Crippen LogP contribution in [0.3, 0.4) is 0 Å². The average Bonchev–Trinajstić information content (AvgIpc) is 3.37. The van der Waals surface area contributed by atoms with Gasteiger partial charge >= 0.3 is 0 Å².